The fourth-order valence-corrected chi connectivity index (χ4v) is 15.6. The summed E-state index contributed by atoms with van der Waals surface area (Å²) in [6.07, 6.45) is 11.9. The molecule has 0 aromatic heterocycles. The van der Waals surface area contributed by atoms with E-state index in [2.05, 4.69) is 0 Å². The number of hydrogen-bond donors (Lipinski definition) is 2. The van der Waals surface area contributed by atoms with E-state index in [4.69, 9.17) is 23.7 Å². The van der Waals surface area contributed by atoms with Crippen molar-refractivity contribution >= 4 is 17.9 Å². The van der Waals surface area contributed by atoms with Gasteiger partial charge in [0, 0.05) is 25.2 Å². The highest BCUT2D eigenvalue weighted by Crippen LogP contribution is 2.68. The van der Waals surface area contributed by atoms with Crippen molar-refractivity contribution in [3.05, 3.63) is 0 Å². The summed E-state index contributed by atoms with van der Waals surface area (Å²) in [5.41, 5.74) is -5.23. The highest BCUT2D eigenvalue weighted by Gasteiger charge is 2.70. The molecule has 0 aromatic carbocycles. The second-order valence-electron chi connectivity index (χ2n) is 21.0. The summed E-state index contributed by atoms with van der Waals surface area (Å²) < 4.78 is 59.2. The van der Waals surface area contributed by atoms with E-state index in [0.29, 0.717) is 87.9 Å². The van der Waals surface area contributed by atoms with E-state index in [1.807, 2.05) is 0 Å². The summed E-state index contributed by atoms with van der Waals surface area (Å²) in [5.74, 6) is -4.46. The summed E-state index contributed by atoms with van der Waals surface area (Å²) >= 11 is 0. The number of rotatable bonds is 9. The number of carbonyl (C=O) groups is 3. The molecule has 12 saturated carbocycles. The second kappa shape index (κ2) is 11.4. The molecule has 294 valence electrons. The first kappa shape index (κ1) is 35.5. The largest absolute Gasteiger partial charge is 0.462 e. The van der Waals surface area contributed by atoms with Crippen molar-refractivity contribution in [2.75, 3.05) is 26.4 Å². The van der Waals surface area contributed by atoms with Crippen molar-refractivity contribution in [3.63, 3.8) is 0 Å². The number of halogens is 2. The molecule has 6 atom stereocenters. The van der Waals surface area contributed by atoms with Gasteiger partial charge >= 0.3 is 17.9 Å². The van der Waals surface area contributed by atoms with Crippen LogP contribution in [0.2, 0.25) is 0 Å². The Morgan fingerprint density at radius 1 is 0.642 bits per heavy atom. The molecule has 13 rings (SSSR count). The highest BCUT2D eigenvalue weighted by molar-refractivity contribution is 5.79. The third kappa shape index (κ3) is 5.66. The van der Waals surface area contributed by atoms with Crippen molar-refractivity contribution in [1.29, 1.82) is 0 Å². The van der Waals surface area contributed by atoms with Gasteiger partial charge in [-0.05, 0) is 139 Å². The molecule has 0 aromatic rings. The Balaban J connectivity index is 0.915. The molecular formula is C41H56F2O10. The summed E-state index contributed by atoms with van der Waals surface area (Å²) in [7, 11) is 0. The quantitative estimate of drug-likeness (QED) is 0.226. The van der Waals surface area contributed by atoms with Crippen LogP contribution in [0.25, 0.3) is 0 Å². The third-order valence-electron chi connectivity index (χ3n) is 16.3. The number of hydrogen-bond acceptors (Lipinski definition) is 10. The number of esters is 3. The highest BCUT2D eigenvalue weighted by atomic mass is 19.3. The molecule has 1 spiro atoms. The van der Waals surface area contributed by atoms with Crippen molar-refractivity contribution in [3.8, 4) is 0 Å². The molecular weight excluding hydrogens is 690 g/mol. The predicted octanol–water partition coefficient (Wildman–Crippen LogP) is 5.63. The molecule has 0 amide bonds. The smallest absolute Gasteiger partial charge is 0.312 e. The van der Waals surface area contributed by atoms with Gasteiger partial charge in [0.1, 0.15) is 18.8 Å². The lowest BCUT2D eigenvalue weighted by atomic mass is 9.47. The van der Waals surface area contributed by atoms with Crippen LogP contribution in [0.3, 0.4) is 0 Å². The molecule has 6 unspecified atom stereocenters. The van der Waals surface area contributed by atoms with Crippen LogP contribution in [-0.2, 0) is 38.1 Å². The van der Waals surface area contributed by atoms with E-state index in [9.17, 15) is 33.4 Å². The van der Waals surface area contributed by atoms with Gasteiger partial charge in [-0.15, -0.1) is 0 Å². The third-order valence-corrected chi connectivity index (χ3v) is 16.3. The Morgan fingerprint density at radius 2 is 1.09 bits per heavy atom. The van der Waals surface area contributed by atoms with Crippen LogP contribution < -0.4 is 0 Å². The van der Waals surface area contributed by atoms with Crippen LogP contribution >= 0.6 is 0 Å². The van der Waals surface area contributed by atoms with Gasteiger partial charge in [0.15, 0.2) is 12.4 Å². The zero-order chi connectivity index (χ0) is 36.9. The van der Waals surface area contributed by atoms with Gasteiger partial charge in [-0.1, -0.05) is 0 Å². The molecule has 1 heterocycles. The maximum atomic E-state index is 14.2. The van der Waals surface area contributed by atoms with Crippen LogP contribution in [0.4, 0.5) is 8.78 Å². The van der Waals surface area contributed by atoms with Gasteiger partial charge in [-0.25, -0.2) is 8.78 Å². The minimum absolute atomic E-state index is 0.135. The van der Waals surface area contributed by atoms with E-state index >= 15 is 0 Å². The SMILES string of the molecule is CC(F)(F)COC(=O)C12CC3CC(C1)C1(OCCC(COC(=O)C45CC6CC(CC(O)(C6)C4)C5)(COC(=O)C45CC6CC(CC(O)(C6)C4)C5)O1)C(C3)C2. The average Bonchev–Trinajstić information content (AvgIpc) is 3.05. The fraction of sp³-hybridized carbons (Fsp3) is 0.927. The first-order valence-corrected chi connectivity index (χ1v) is 20.6. The van der Waals surface area contributed by atoms with E-state index < -0.39 is 57.3 Å². The van der Waals surface area contributed by atoms with Crippen molar-refractivity contribution < 1.29 is 57.1 Å². The minimum Gasteiger partial charge on any atom is -0.462 e. The maximum absolute atomic E-state index is 14.2. The molecule has 10 nitrogen and oxygen atoms in total. The molecule has 13 fully saturated rings. The molecule has 1 aliphatic heterocycles. The lowest BCUT2D eigenvalue weighted by Gasteiger charge is -2.65. The topological polar surface area (TPSA) is 138 Å². The van der Waals surface area contributed by atoms with Crippen molar-refractivity contribution in [1.82, 2.24) is 0 Å². The van der Waals surface area contributed by atoms with Crippen molar-refractivity contribution in [2.45, 2.75) is 151 Å². The molecule has 0 radical (unpaired) electrons. The Kier molecular flexibility index (Phi) is 7.62. The van der Waals surface area contributed by atoms with Crippen LogP contribution in [0.5, 0.6) is 0 Å². The van der Waals surface area contributed by atoms with Crippen molar-refractivity contribution in [2.24, 2.45) is 57.7 Å². The van der Waals surface area contributed by atoms with Crippen LogP contribution in [0, 0.1) is 57.7 Å². The van der Waals surface area contributed by atoms with Gasteiger partial charge in [0.2, 0.25) is 0 Å². The van der Waals surface area contributed by atoms with Crippen LogP contribution in [-0.4, -0.2) is 83.1 Å². The normalized spacial score (nSPS) is 52.6. The van der Waals surface area contributed by atoms with E-state index in [1.165, 1.54) is 0 Å². The number of aliphatic hydroxyl groups is 2. The second-order valence-corrected chi connectivity index (χ2v) is 21.0. The van der Waals surface area contributed by atoms with Gasteiger partial charge in [-0.3, -0.25) is 14.4 Å². The first-order chi connectivity index (χ1) is 24.9. The summed E-state index contributed by atoms with van der Waals surface area (Å²) in [6.45, 7) is -0.205. The van der Waals surface area contributed by atoms with Gasteiger partial charge in [0.05, 0.1) is 34.1 Å². The molecule has 12 bridgehead atoms. The Morgan fingerprint density at radius 3 is 1.55 bits per heavy atom. The molecule has 2 N–H and O–H groups in total. The minimum atomic E-state index is -3.12. The van der Waals surface area contributed by atoms with E-state index in [1.54, 1.807) is 0 Å². The zero-order valence-corrected chi connectivity index (χ0v) is 31.0. The molecule has 12 heteroatoms. The predicted molar refractivity (Wildman–Crippen MR) is 181 cm³/mol. The molecule has 1 saturated heterocycles. The average molecular weight is 747 g/mol. The number of ether oxygens (including phenoxy) is 5. The zero-order valence-electron chi connectivity index (χ0n) is 31.0. The standard InChI is InChI=1S/C41H56F2O10/c1-34(42,43)21-49-31(44)35-8-24-6-29(17-35)41(30(7-24)18-35)52-3-2-40(53-41,22-50-32(45)36-9-25-4-26(10-36)14-38(47,13-25)19-36)23-51-33(46)37-11-27-5-28(12-37)16-39(48,15-27)20-37/h24-30,47-48H,2-23H2,1H3. The Labute approximate surface area is 309 Å². The lowest BCUT2D eigenvalue weighted by molar-refractivity contribution is -0.411. The Bertz CT molecular complexity index is 1460. The summed E-state index contributed by atoms with van der Waals surface area (Å²) in [6, 6.07) is 0. The Hall–Kier alpha value is -1.89. The van der Waals surface area contributed by atoms with Gasteiger partial charge in [-0.2, -0.15) is 0 Å². The molecule has 12 aliphatic carbocycles. The van der Waals surface area contributed by atoms with E-state index in [-0.39, 0.29) is 49.5 Å². The van der Waals surface area contributed by atoms with E-state index in [0.717, 1.165) is 58.3 Å². The molecule has 13 aliphatic rings. The first-order valence-electron chi connectivity index (χ1n) is 20.6. The van der Waals surface area contributed by atoms with Crippen LogP contribution in [0.15, 0.2) is 0 Å². The van der Waals surface area contributed by atoms with Crippen LogP contribution in [0.1, 0.15) is 122 Å². The monoisotopic (exact) mass is 746 g/mol. The van der Waals surface area contributed by atoms with Gasteiger partial charge < -0.3 is 33.9 Å². The number of alkyl halides is 2. The summed E-state index contributed by atoms with van der Waals surface area (Å²) in [4.78, 5) is 41.9. The molecule has 53 heavy (non-hydrogen) atoms. The lowest BCUT2D eigenvalue weighted by Crippen LogP contribution is -2.70. The summed E-state index contributed by atoms with van der Waals surface area (Å²) in [5, 5.41) is 22.8. The fourth-order valence-electron chi connectivity index (χ4n) is 15.6. The number of carbonyl (C=O) groups excluding carboxylic acids is 3. The van der Waals surface area contributed by atoms with Gasteiger partial charge in [0.25, 0.3) is 5.92 Å². The maximum Gasteiger partial charge on any atom is 0.312 e.